The van der Waals surface area contributed by atoms with Crippen molar-refractivity contribution in [2.75, 3.05) is 11.9 Å². The van der Waals surface area contributed by atoms with E-state index < -0.39 is 0 Å². The molecule has 0 unspecified atom stereocenters. The second-order valence-electron chi connectivity index (χ2n) is 4.57. The fourth-order valence-corrected chi connectivity index (χ4v) is 2.68. The first-order valence-corrected chi connectivity index (χ1v) is 7.77. The molecule has 0 saturated heterocycles. The molecule has 0 atom stereocenters. The third-order valence-corrected chi connectivity index (χ3v) is 3.82. The summed E-state index contributed by atoms with van der Waals surface area (Å²) in [6, 6.07) is 11.6. The summed E-state index contributed by atoms with van der Waals surface area (Å²) >= 11 is 1.73. The third-order valence-electron chi connectivity index (χ3n) is 2.89. The Morgan fingerprint density at radius 3 is 2.95 bits per heavy atom. The van der Waals surface area contributed by atoms with E-state index in [0.29, 0.717) is 13.0 Å². The number of amides is 1. The molecule has 1 aromatic heterocycles. The van der Waals surface area contributed by atoms with Crippen LogP contribution in [0.4, 0.5) is 5.69 Å². The van der Waals surface area contributed by atoms with Gasteiger partial charge in [-0.15, -0.1) is 11.3 Å². The standard InChI is InChI=1S/C17H18N2OS/c18-11-3-6-14-5-1-7-15(13-14)19-17(20)10-2-8-16-9-4-12-21-16/h1,4-5,7,9,12-13H,2,8,10-11,18H2,(H,19,20). The number of nitrogens with two attached hydrogens (primary N) is 1. The second-order valence-corrected chi connectivity index (χ2v) is 5.60. The topological polar surface area (TPSA) is 55.1 Å². The highest BCUT2D eigenvalue weighted by atomic mass is 32.1. The fraction of sp³-hybridized carbons (Fsp3) is 0.235. The summed E-state index contributed by atoms with van der Waals surface area (Å²) in [6.07, 6.45) is 2.34. The van der Waals surface area contributed by atoms with Gasteiger partial charge in [-0.3, -0.25) is 4.79 Å². The summed E-state index contributed by atoms with van der Waals surface area (Å²) in [7, 11) is 0. The van der Waals surface area contributed by atoms with E-state index in [0.717, 1.165) is 24.1 Å². The maximum atomic E-state index is 11.9. The molecule has 21 heavy (non-hydrogen) atoms. The number of rotatable bonds is 5. The number of hydrogen-bond acceptors (Lipinski definition) is 3. The van der Waals surface area contributed by atoms with Crippen LogP contribution in [-0.2, 0) is 11.2 Å². The average molecular weight is 298 g/mol. The van der Waals surface area contributed by atoms with Crippen molar-refractivity contribution in [1.29, 1.82) is 0 Å². The van der Waals surface area contributed by atoms with Crippen LogP contribution >= 0.6 is 11.3 Å². The lowest BCUT2D eigenvalue weighted by Gasteiger charge is -2.05. The molecule has 3 nitrogen and oxygen atoms in total. The van der Waals surface area contributed by atoms with Gasteiger partial charge >= 0.3 is 0 Å². The van der Waals surface area contributed by atoms with Crippen LogP contribution in [0.25, 0.3) is 0 Å². The Kier molecular flexibility index (Phi) is 6.01. The van der Waals surface area contributed by atoms with E-state index in [1.807, 2.05) is 30.3 Å². The molecule has 1 heterocycles. The highest BCUT2D eigenvalue weighted by molar-refractivity contribution is 7.09. The summed E-state index contributed by atoms with van der Waals surface area (Å²) in [5.41, 5.74) is 6.98. The molecule has 4 heteroatoms. The van der Waals surface area contributed by atoms with Crippen molar-refractivity contribution in [2.24, 2.45) is 5.73 Å². The number of anilines is 1. The van der Waals surface area contributed by atoms with Gasteiger partial charge in [-0.2, -0.15) is 0 Å². The van der Waals surface area contributed by atoms with Gasteiger partial charge in [0.1, 0.15) is 0 Å². The predicted octanol–water partition coefficient (Wildman–Crippen LogP) is 3.02. The number of carbonyl (C=O) groups is 1. The molecule has 0 fully saturated rings. The van der Waals surface area contributed by atoms with Gasteiger partial charge in [0, 0.05) is 22.5 Å². The van der Waals surface area contributed by atoms with E-state index in [1.54, 1.807) is 11.3 Å². The smallest absolute Gasteiger partial charge is 0.224 e. The van der Waals surface area contributed by atoms with Gasteiger partial charge in [0.05, 0.1) is 6.54 Å². The van der Waals surface area contributed by atoms with Crippen LogP contribution < -0.4 is 11.1 Å². The minimum Gasteiger partial charge on any atom is -0.326 e. The molecule has 1 amide bonds. The molecule has 2 rings (SSSR count). The Bertz CT molecular complexity index is 638. The van der Waals surface area contributed by atoms with Crippen LogP contribution in [0.15, 0.2) is 41.8 Å². The lowest BCUT2D eigenvalue weighted by Crippen LogP contribution is -2.11. The van der Waals surface area contributed by atoms with Gasteiger partial charge in [0.25, 0.3) is 0 Å². The molecule has 0 bridgehead atoms. The van der Waals surface area contributed by atoms with E-state index in [1.165, 1.54) is 4.88 Å². The third kappa shape index (κ3) is 5.42. The van der Waals surface area contributed by atoms with Crippen LogP contribution in [0.2, 0.25) is 0 Å². The Morgan fingerprint density at radius 2 is 2.19 bits per heavy atom. The largest absolute Gasteiger partial charge is 0.326 e. The summed E-state index contributed by atoms with van der Waals surface area (Å²) in [5, 5.41) is 4.96. The quantitative estimate of drug-likeness (QED) is 0.834. The Hall–Kier alpha value is -2.09. The maximum absolute atomic E-state index is 11.9. The lowest BCUT2D eigenvalue weighted by atomic mass is 10.2. The molecule has 0 radical (unpaired) electrons. The molecule has 3 N–H and O–H groups in total. The zero-order valence-corrected chi connectivity index (χ0v) is 12.6. The first-order valence-electron chi connectivity index (χ1n) is 6.89. The van der Waals surface area contributed by atoms with Crippen LogP contribution in [0, 0.1) is 11.8 Å². The summed E-state index contributed by atoms with van der Waals surface area (Å²) in [5.74, 6) is 5.79. The van der Waals surface area contributed by atoms with Gasteiger partial charge in [-0.05, 0) is 42.5 Å². The number of hydrogen-bond donors (Lipinski definition) is 2. The van der Waals surface area contributed by atoms with Gasteiger partial charge < -0.3 is 11.1 Å². The van der Waals surface area contributed by atoms with Crippen LogP contribution in [-0.4, -0.2) is 12.5 Å². The Balaban J connectivity index is 1.82. The van der Waals surface area contributed by atoms with E-state index in [4.69, 9.17) is 5.73 Å². The number of thiophene rings is 1. The molecule has 0 saturated carbocycles. The lowest BCUT2D eigenvalue weighted by molar-refractivity contribution is -0.116. The van der Waals surface area contributed by atoms with Crippen LogP contribution in [0.1, 0.15) is 23.3 Å². The monoisotopic (exact) mass is 298 g/mol. The maximum Gasteiger partial charge on any atom is 0.224 e. The number of carbonyl (C=O) groups excluding carboxylic acids is 1. The first-order chi connectivity index (χ1) is 10.3. The zero-order chi connectivity index (χ0) is 14.9. The van der Waals surface area contributed by atoms with Gasteiger partial charge in [-0.1, -0.05) is 24.0 Å². The van der Waals surface area contributed by atoms with Gasteiger partial charge in [0.2, 0.25) is 5.91 Å². The summed E-state index contributed by atoms with van der Waals surface area (Å²) in [6.45, 7) is 0.333. The molecule has 0 spiro atoms. The zero-order valence-electron chi connectivity index (χ0n) is 11.8. The molecule has 0 aliphatic heterocycles. The molecule has 1 aromatic carbocycles. The SMILES string of the molecule is NCC#Cc1cccc(NC(=O)CCCc2cccs2)c1. The van der Waals surface area contributed by atoms with Crippen molar-refractivity contribution in [2.45, 2.75) is 19.3 Å². The number of nitrogens with one attached hydrogen (secondary N) is 1. The number of aryl methyl sites for hydroxylation is 1. The van der Waals surface area contributed by atoms with Crippen molar-refractivity contribution in [3.05, 3.63) is 52.2 Å². The fourth-order valence-electron chi connectivity index (χ4n) is 1.93. The van der Waals surface area contributed by atoms with E-state index in [9.17, 15) is 4.79 Å². The molecule has 108 valence electrons. The highest BCUT2D eigenvalue weighted by Crippen LogP contribution is 2.13. The molecule has 2 aromatic rings. The van der Waals surface area contributed by atoms with Crippen LogP contribution in [0.3, 0.4) is 0 Å². The molecule has 0 aliphatic carbocycles. The Morgan fingerprint density at radius 1 is 1.29 bits per heavy atom. The predicted molar refractivity (Wildman–Crippen MR) is 88.3 cm³/mol. The average Bonchev–Trinajstić information content (AvgIpc) is 2.99. The Labute approximate surface area is 129 Å². The molecular formula is C17H18N2OS. The first kappa shape index (κ1) is 15.3. The van der Waals surface area contributed by atoms with E-state index in [-0.39, 0.29) is 5.91 Å². The van der Waals surface area contributed by atoms with Crippen molar-refractivity contribution in [3.8, 4) is 11.8 Å². The normalized spacial score (nSPS) is 9.76. The van der Waals surface area contributed by atoms with Crippen molar-refractivity contribution < 1.29 is 4.79 Å². The minimum absolute atomic E-state index is 0.0375. The van der Waals surface area contributed by atoms with Crippen LogP contribution in [0.5, 0.6) is 0 Å². The van der Waals surface area contributed by atoms with Crippen molar-refractivity contribution in [1.82, 2.24) is 0 Å². The molecular weight excluding hydrogens is 280 g/mol. The second kappa shape index (κ2) is 8.25. The van der Waals surface area contributed by atoms with Gasteiger partial charge in [-0.25, -0.2) is 0 Å². The number of benzene rings is 1. The van der Waals surface area contributed by atoms with E-state index >= 15 is 0 Å². The minimum atomic E-state index is 0.0375. The molecule has 0 aliphatic rings. The van der Waals surface area contributed by atoms with E-state index in [2.05, 4.69) is 28.6 Å². The van der Waals surface area contributed by atoms with Crippen molar-refractivity contribution in [3.63, 3.8) is 0 Å². The summed E-state index contributed by atoms with van der Waals surface area (Å²) in [4.78, 5) is 13.2. The highest BCUT2D eigenvalue weighted by Gasteiger charge is 2.03. The summed E-state index contributed by atoms with van der Waals surface area (Å²) < 4.78 is 0. The van der Waals surface area contributed by atoms with Gasteiger partial charge in [0.15, 0.2) is 0 Å². The van der Waals surface area contributed by atoms with Crippen molar-refractivity contribution >= 4 is 22.9 Å².